The molecular formula is C13H10ClNO3. The molecule has 0 saturated heterocycles. The van der Waals surface area contributed by atoms with Gasteiger partial charge in [0, 0.05) is 10.6 Å². The van der Waals surface area contributed by atoms with Gasteiger partial charge in [-0.05, 0) is 37.1 Å². The number of nitrogens with zero attached hydrogens (tertiary/aromatic N) is 1. The summed E-state index contributed by atoms with van der Waals surface area (Å²) in [6.45, 7) is 0. The Balaban J connectivity index is 1.95. The van der Waals surface area contributed by atoms with Crippen LogP contribution in [0, 0.1) is 0 Å². The second-order valence-electron chi connectivity index (χ2n) is 4.43. The van der Waals surface area contributed by atoms with Gasteiger partial charge in [-0.1, -0.05) is 11.6 Å². The number of benzene rings is 1. The van der Waals surface area contributed by atoms with Gasteiger partial charge < -0.3 is 9.52 Å². The Morgan fingerprint density at radius 2 is 2.00 bits per heavy atom. The van der Waals surface area contributed by atoms with Crippen LogP contribution in [-0.2, 0) is 10.2 Å². The number of hydrogen-bond donors (Lipinski definition) is 1. The van der Waals surface area contributed by atoms with Gasteiger partial charge in [0.1, 0.15) is 11.7 Å². The molecule has 92 valence electrons. The minimum atomic E-state index is -0.835. The van der Waals surface area contributed by atoms with Crippen LogP contribution in [0.4, 0.5) is 0 Å². The maximum Gasteiger partial charge on any atom is 0.315 e. The van der Waals surface area contributed by atoms with Crippen molar-refractivity contribution < 1.29 is 14.3 Å². The lowest BCUT2D eigenvalue weighted by Gasteiger charge is -2.03. The summed E-state index contributed by atoms with van der Waals surface area (Å²) in [5, 5.41) is 9.81. The summed E-state index contributed by atoms with van der Waals surface area (Å²) in [6.07, 6.45) is 2.68. The van der Waals surface area contributed by atoms with Crippen molar-refractivity contribution in [1.29, 1.82) is 0 Å². The van der Waals surface area contributed by atoms with Gasteiger partial charge in [-0.3, -0.25) is 4.79 Å². The average molecular weight is 264 g/mol. The molecule has 2 aromatic rings. The van der Waals surface area contributed by atoms with Gasteiger partial charge in [0.05, 0.1) is 5.69 Å². The van der Waals surface area contributed by atoms with E-state index in [1.165, 1.54) is 6.26 Å². The van der Waals surface area contributed by atoms with Crippen molar-refractivity contribution in [2.75, 3.05) is 0 Å². The van der Waals surface area contributed by atoms with Gasteiger partial charge in [0.25, 0.3) is 0 Å². The van der Waals surface area contributed by atoms with Crippen LogP contribution in [0.1, 0.15) is 18.5 Å². The average Bonchev–Trinajstić information content (AvgIpc) is 3.03. The number of carboxylic acids is 1. The standard InChI is InChI=1S/C13H10ClNO3/c14-9-3-1-8(2-4-9)11-15-10(7-18-11)13(5-6-13)12(16)17/h1-4,7H,5-6H2,(H,16,17). The fourth-order valence-corrected chi connectivity index (χ4v) is 2.05. The van der Waals surface area contributed by atoms with E-state index >= 15 is 0 Å². The summed E-state index contributed by atoms with van der Waals surface area (Å²) in [7, 11) is 0. The zero-order valence-electron chi connectivity index (χ0n) is 9.39. The van der Waals surface area contributed by atoms with Crippen LogP contribution in [0.25, 0.3) is 11.5 Å². The molecule has 1 aromatic carbocycles. The Labute approximate surface area is 108 Å². The maximum atomic E-state index is 11.2. The van der Waals surface area contributed by atoms with Crippen LogP contribution in [0.15, 0.2) is 34.9 Å². The van der Waals surface area contributed by atoms with Crippen LogP contribution < -0.4 is 0 Å². The SMILES string of the molecule is O=C(O)C1(c2coc(-c3ccc(Cl)cc3)n2)CC1. The highest BCUT2D eigenvalue weighted by Crippen LogP contribution is 2.48. The van der Waals surface area contributed by atoms with Crippen molar-refractivity contribution in [2.24, 2.45) is 0 Å². The molecule has 4 nitrogen and oxygen atoms in total. The van der Waals surface area contributed by atoms with Crippen LogP contribution in [0.2, 0.25) is 5.02 Å². The van der Waals surface area contributed by atoms with Crippen LogP contribution in [0.5, 0.6) is 0 Å². The summed E-state index contributed by atoms with van der Waals surface area (Å²) in [6, 6.07) is 7.06. The van der Waals surface area contributed by atoms with Crippen LogP contribution >= 0.6 is 11.6 Å². The number of aromatic nitrogens is 1. The number of carboxylic acid groups (broad SMARTS) is 1. The molecular weight excluding hydrogens is 254 g/mol. The second-order valence-corrected chi connectivity index (χ2v) is 4.87. The minimum absolute atomic E-state index is 0.425. The fraction of sp³-hybridized carbons (Fsp3) is 0.231. The first-order valence-corrected chi connectivity index (χ1v) is 5.95. The lowest BCUT2D eigenvalue weighted by atomic mass is 10.0. The Bertz CT molecular complexity index is 599. The van der Waals surface area contributed by atoms with E-state index in [2.05, 4.69) is 4.98 Å². The van der Waals surface area contributed by atoms with Crippen molar-refractivity contribution >= 4 is 17.6 Å². The van der Waals surface area contributed by atoms with E-state index in [0.29, 0.717) is 29.4 Å². The Kier molecular flexibility index (Phi) is 2.41. The minimum Gasteiger partial charge on any atom is -0.481 e. The molecule has 1 aliphatic rings. The molecule has 0 atom stereocenters. The third-order valence-corrected chi connectivity index (χ3v) is 3.50. The van der Waals surface area contributed by atoms with Gasteiger partial charge in [-0.25, -0.2) is 4.98 Å². The van der Waals surface area contributed by atoms with Crippen LogP contribution in [0.3, 0.4) is 0 Å². The molecule has 1 heterocycles. The molecule has 1 saturated carbocycles. The quantitative estimate of drug-likeness (QED) is 0.924. The van der Waals surface area contributed by atoms with Gasteiger partial charge in [-0.15, -0.1) is 0 Å². The predicted molar refractivity (Wildman–Crippen MR) is 65.5 cm³/mol. The topological polar surface area (TPSA) is 63.3 Å². The number of carbonyl (C=O) groups is 1. The molecule has 5 heteroatoms. The number of aliphatic carboxylic acids is 1. The number of oxazole rings is 1. The van der Waals surface area contributed by atoms with Crippen molar-refractivity contribution in [2.45, 2.75) is 18.3 Å². The smallest absolute Gasteiger partial charge is 0.315 e. The van der Waals surface area contributed by atoms with E-state index in [1.54, 1.807) is 24.3 Å². The Morgan fingerprint density at radius 1 is 1.33 bits per heavy atom. The number of hydrogen-bond acceptors (Lipinski definition) is 3. The highest BCUT2D eigenvalue weighted by atomic mass is 35.5. The third-order valence-electron chi connectivity index (χ3n) is 3.25. The lowest BCUT2D eigenvalue weighted by Crippen LogP contribution is -2.19. The van der Waals surface area contributed by atoms with Gasteiger partial charge in [0.2, 0.25) is 5.89 Å². The van der Waals surface area contributed by atoms with Gasteiger partial charge in [-0.2, -0.15) is 0 Å². The first-order chi connectivity index (χ1) is 8.62. The van der Waals surface area contributed by atoms with E-state index in [4.69, 9.17) is 16.0 Å². The van der Waals surface area contributed by atoms with E-state index in [9.17, 15) is 9.90 Å². The second kappa shape index (κ2) is 3.85. The molecule has 1 aliphatic carbocycles. The molecule has 0 spiro atoms. The normalized spacial score (nSPS) is 16.5. The highest BCUT2D eigenvalue weighted by Gasteiger charge is 2.54. The molecule has 1 fully saturated rings. The molecule has 1 aromatic heterocycles. The largest absolute Gasteiger partial charge is 0.481 e. The lowest BCUT2D eigenvalue weighted by molar-refractivity contribution is -0.140. The molecule has 0 unspecified atom stereocenters. The van der Waals surface area contributed by atoms with Gasteiger partial charge >= 0.3 is 5.97 Å². The summed E-state index contributed by atoms with van der Waals surface area (Å²) in [4.78, 5) is 15.5. The summed E-state index contributed by atoms with van der Waals surface area (Å²) in [5.41, 5.74) is 0.459. The Morgan fingerprint density at radius 3 is 2.56 bits per heavy atom. The maximum absolute atomic E-state index is 11.2. The molecule has 3 rings (SSSR count). The molecule has 1 N–H and O–H groups in total. The molecule has 0 amide bonds. The monoisotopic (exact) mass is 263 g/mol. The van der Waals surface area contributed by atoms with Crippen molar-refractivity contribution in [3.8, 4) is 11.5 Å². The number of rotatable bonds is 3. The van der Waals surface area contributed by atoms with Crippen LogP contribution in [-0.4, -0.2) is 16.1 Å². The fourth-order valence-electron chi connectivity index (χ4n) is 1.92. The third kappa shape index (κ3) is 1.69. The highest BCUT2D eigenvalue weighted by molar-refractivity contribution is 6.30. The first kappa shape index (κ1) is 11.3. The summed E-state index contributed by atoms with van der Waals surface area (Å²) >= 11 is 5.80. The van der Waals surface area contributed by atoms with E-state index in [0.717, 1.165) is 5.56 Å². The predicted octanol–water partition coefficient (Wildman–Crippen LogP) is 3.11. The zero-order valence-corrected chi connectivity index (χ0v) is 10.1. The summed E-state index contributed by atoms with van der Waals surface area (Å²) < 4.78 is 5.35. The van der Waals surface area contributed by atoms with Crippen molar-refractivity contribution in [1.82, 2.24) is 4.98 Å². The Hall–Kier alpha value is -1.81. The molecule has 0 bridgehead atoms. The van der Waals surface area contributed by atoms with E-state index in [-0.39, 0.29) is 0 Å². The molecule has 0 aliphatic heterocycles. The molecule has 0 radical (unpaired) electrons. The molecule has 18 heavy (non-hydrogen) atoms. The zero-order chi connectivity index (χ0) is 12.8. The van der Waals surface area contributed by atoms with Crippen molar-refractivity contribution in [3.05, 3.63) is 41.2 Å². The van der Waals surface area contributed by atoms with E-state index in [1.807, 2.05) is 0 Å². The van der Waals surface area contributed by atoms with Crippen molar-refractivity contribution in [3.63, 3.8) is 0 Å². The first-order valence-electron chi connectivity index (χ1n) is 5.57. The van der Waals surface area contributed by atoms with E-state index < -0.39 is 11.4 Å². The number of halogens is 1. The summed E-state index contributed by atoms with van der Waals surface area (Å²) in [5.74, 6) is -0.410. The van der Waals surface area contributed by atoms with Gasteiger partial charge in [0.15, 0.2) is 0 Å².